The fraction of sp³-hybridized carbons (Fsp3) is 0.545. The van der Waals surface area contributed by atoms with Crippen molar-refractivity contribution in [3.8, 4) is 0 Å². The topological polar surface area (TPSA) is 89.1 Å². The number of carboxylic acid groups (broad SMARTS) is 1. The molecule has 0 unspecified atom stereocenters. The number of hydrogen-bond acceptors (Lipinski definition) is 4. The minimum absolute atomic E-state index is 0.0443. The normalized spacial score (nSPS) is 17.0. The standard InChI is InChI=1S/C11H14ClN3O2/c12-11-14-8(6-4-2-1-3-5-6)7(13)9(15-11)10(16)17/h6H,1-5,13H2,(H,16,17). The number of carbonyl (C=O) groups is 1. The van der Waals surface area contributed by atoms with Gasteiger partial charge in [0.25, 0.3) is 0 Å². The highest BCUT2D eigenvalue weighted by Gasteiger charge is 2.24. The van der Waals surface area contributed by atoms with E-state index in [4.69, 9.17) is 22.4 Å². The van der Waals surface area contributed by atoms with Crippen molar-refractivity contribution in [1.82, 2.24) is 9.97 Å². The molecule has 1 aliphatic rings. The van der Waals surface area contributed by atoms with E-state index in [1.165, 1.54) is 6.42 Å². The molecule has 1 aromatic rings. The van der Waals surface area contributed by atoms with Crippen LogP contribution in [0.5, 0.6) is 0 Å². The van der Waals surface area contributed by atoms with Gasteiger partial charge in [-0.1, -0.05) is 19.3 Å². The molecule has 17 heavy (non-hydrogen) atoms. The molecule has 1 saturated carbocycles. The number of anilines is 1. The van der Waals surface area contributed by atoms with Crippen molar-refractivity contribution in [1.29, 1.82) is 0 Å². The Morgan fingerprint density at radius 1 is 1.29 bits per heavy atom. The smallest absolute Gasteiger partial charge is 0.356 e. The Morgan fingerprint density at radius 3 is 2.53 bits per heavy atom. The van der Waals surface area contributed by atoms with Gasteiger partial charge < -0.3 is 10.8 Å². The Morgan fingerprint density at radius 2 is 1.94 bits per heavy atom. The fourth-order valence-electron chi connectivity index (χ4n) is 2.31. The molecule has 0 radical (unpaired) electrons. The fourth-order valence-corrected chi connectivity index (χ4v) is 2.48. The van der Waals surface area contributed by atoms with Gasteiger partial charge in [-0.2, -0.15) is 0 Å². The molecule has 0 saturated heterocycles. The van der Waals surface area contributed by atoms with Gasteiger partial charge >= 0.3 is 5.97 Å². The second-order valence-corrected chi connectivity index (χ2v) is 4.62. The molecule has 0 aliphatic heterocycles. The minimum Gasteiger partial charge on any atom is -0.476 e. The first-order valence-corrected chi connectivity index (χ1v) is 6.03. The molecule has 0 spiro atoms. The van der Waals surface area contributed by atoms with Crippen LogP contribution in [0.3, 0.4) is 0 Å². The second kappa shape index (κ2) is 4.87. The van der Waals surface area contributed by atoms with Crippen LogP contribution in [-0.4, -0.2) is 21.0 Å². The van der Waals surface area contributed by atoms with E-state index in [2.05, 4.69) is 9.97 Å². The van der Waals surface area contributed by atoms with E-state index in [1.54, 1.807) is 0 Å². The number of aromatic carboxylic acids is 1. The van der Waals surface area contributed by atoms with Crippen LogP contribution in [0.2, 0.25) is 5.28 Å². The first kappa shape index (κ1) is 12.1. The zero-order valence-electron chi connectivity index (χ0n) is 9.32. The lowest BCUT2D eigenvalue weighted by Crippen LogP contribution is -2.15. The lowest BCUT2D eigenvalue weighted by atomic mass is 9.86. The van der Waals surface area contributed by atoms with E-state index >= 15 is 0 Å². The van der Waals surface area contributed by atoms with Crippen molar-refractivity contribution >= 4 is 23.3 Å². The van der Waals surface area contributed by atoms with Crippen LogP contribution in [0.25, 0.3) is 0 Å². The Balaban J connectivity index is 2.41. The third-order valence-electron chi connectivity index (χ3n) is 3.14. The van der Waals surface area contributed by atoms with Crippen molar-refractivity contribution in [2.75, 3.05) is 5.73 Å². The highest BCUT2D eigenvalue weighted by molar-refractivity contribution is 6.28. The maximum absolute atomic E-state index is 11.0. The van der Waals surface area contributed by atoms with Gasteiger partial charge in [-0.05, 0) is 24.4 Å². The lowest BCUT2D eigenvalue weighted by molar-refractivity contribution is 0.0691. The average Bonchev–Trinajstić information content (AvgIpc) is 2.32. The summed E-state index contributed by atoms with van der Waals surface area (Å²) in [4.78, 5) is 18.7. The molecule has 2 rings (SSSR count). The molecular formula is C11H14ClN3O2. The summed E-state index contributed by atoms with van der Waals surface area (Å²) in [7, 11) is 0. The summed E-state index contributed by atoms with van der Waals surface area (Å²) < 4.78 is 0. The number of hydrogen-bond donors (Lipinski definition) is 2. The summed E-state index contributed by atoms with van der Waals surface area (Å²) in [6.45, 7) is 0. The van der Waals surface area contributed by atoms with E-state index in [-0.39, 0.29) is 22.6 Å². The molecular weight excluding hydrogens is 242 g/mol. The van der Waals surface area contributed by atoms with Gasteiger partial charge in [-0.3, -0.25) is 0 Å². The van der Waals surface area contributed by atoms with Gasteiger partial charge in [0.1, 0.15) is 0 Å². The van der Waals surface area contributed by atoms with Crippen LogP contribution in [0, 0.1) is 0 Å². The minimum atomic E-state index is -1.16. The molecule has 1 heterocycles. The summed E-state index contributed by atoms with van der Waals surface area (Å²) >= 11 is 5.74. The van der Waals surface area contributed by atoms with Gasteiger partial charge in [0.15, 0.2) is 5.69 Å². The van der Waals surface area contributed by atoms with Crippen LogP contribution in [0.1, 0.15) is 54.2 Å². The number of nitrogens with two attached hydrogens (primary N) is 1. The third-order valence-corrected chi connectivity index (χ3v) is 3.31. The summed E-state index contributed by atoms with van der Waals surface area (Å²) in [5, 5.41) is 8.94. The van der Waals surface area contributed by atoms with Gasteiger partial charge in [0.05, 0.1) is 11.4 Å². The first-order chi connectivity index (χ1) is 8.09. The van der Waals surface area contributed by atoms with E-state index < -0.39 is 5.97 Å². The third kappa shape index (κ3) is 2.49. The molecule has 0 aromatic carbocycles. The van der Waals surface area contributed by atoms with Gasteiger partial charge in [0, 0.05) is 5.92 Å². The lowest BCUT2D eigenvalue weighted by Gasteiger charge is -2.22. The molecule has 0 amide bonds. The summed E-state index contributed by atoms with van der Waals surface area (Å²) in [5.74, 6) is -0.953. The maximum Gasteiger partial charge on any atom is 0.356 e. The monoisotopic (exact) mass is 255 g/mol. The highest BCUT2D eigenvalue weighted by atomic mass is 35.5. The number of carboxylic acids is 1. The predicted molar refractivity (Wildman–Crippen MR) is 64.2 cm³/mol. The van der Waals surface area contributed by atoms with Gasteiger partial charge in [0.2, 0.25) is 5.28 Å². The van der Waals surface area contributed by atoms with Crippen LogP contribution < -0.4 is 5.73 Å². The van der Waals surface area contributed by atoms with Crippen molar-refractivity contribution in [3.05, 3.63) is 16.7 Å². The molecule has 1 aliphatic carbocycles. The van der Waals surface area contributed by atoms with E-state index in [0.717, 1.165) is 25.7 Å². The second-order valence-electron chi connectivity index (χ2n) is 4.28. The SMILES string of the molecule is Nc1c(C(=O)O)nc(Cl)nc1C1CCCCC1. The molecule has 0 bridgehead atoms. The molecule has 3 N–H and O–H groups in total. The molecule has 5 nitrogen and oxygen atoms in total. The van der Waals surface area contributed by atoms with Crippen LogP contribution in [0.15, 0.2) is 0 Å². The molecule has 92 valence electrons. The van der Waals surface area contributed by atoms with Gasteiger partial charge in [-0.25, -0.2) is 14.8 Å². The van der Waals surface area contributed by atoms with Crippen LogP contribution >= 0.6 is 11.6 Å². The van der Waals surface area contributed by atoms with Crippen molar-refractivity contribution < 1.29 is 9.90 Å². The van der Waals surface area contributed by atoms with Crippen molar-refractivity contribution in [2.45, 2.75) is 38.0 Å². The maximum atomic E-state index is 11.0. The van der Waals surface area contributed by atoms with Crippen molar-refractivity contribution in [3.63, 3.8) is 0 Å². The Labute approximate surface area is 104 Å². The number of aromatic nitrogens is 2. The summed E-state index contributed by atoms with van der Waals surface area (Å²) in [6, 6.07) is 0. The zero-order chi connectivity index (χ0) is 12.4. The van der Waals surface area contributed by atoms with E-state index in [1.807, 2.05) is 0 Å². The quantitative estimate of drug-likeness (QED) is 0.793. The molecule has 1 fully saturated rings. The number of nitrogens with zero attached hydrogens (tertiary/aromatic N) is 2. The van der Waals surface area contributed by atoms with Crippen LogP contribution in [-0.2, 0) is 0 Å². The Hall–Kier alpha value is -1.36. The predicted octanol–water partition coefficient (Wildman–Crippen LogP) is 2.46. The van der Waals surface area contributed by atoms with Crippen molar-refractivity contribution in [2.24, 2.45) is 0 Å². The number of nitrogen functional groups attached to an aromatic ring is 1. The summed E-state index contributed by atoms with van der Waals surface area (Å²) in [6.07, 6.45) is 5.41. The number of rotatable bonds is 2. The van der Waals surface area contributed by atoms with Gasteiger partial charge in [-0.15, -0.1) is 0 Å². The molecule has 1 aromatic heterocycles. The van der Waals surface area contributed by atoms with E-state index in [0.29, 0.717) is 5.69 Å². The summed E-state index contributed by atoms with van der Waals surface area (Å²) in [5.41, 5.74) is 6.39. The molecule has 6 heteroatoms. The zero-order valence-corrected chi connectivity index (χ0v) is 10.1. The largest absolute Gasteiger partial charge is 0.476 e. The Bertz CT molecular complexity index is 445. The Kier molecular flexibility index (Phi) is 3.47. The first-order valence-electron chi connectivity index (χ1n) is 5.65. The van der Waals surface area contributed by atoms with E-state index in [9.17, 15) is 4.79 Å². The average molecular weight is 256 g/mol. The number of halogens is 1. The van der Waals surface area contributed by atoms with Crippen LogP contribution in [0.4, 0.5) is 5.69 Å². The highest BCUT2D eigenvalue weighted by Crippen LogP contribution is 2.35. The molecule has 0 atom stereocenters.